The standard InChI is InChI=1S/C38H49N5O5S2.C37H48N4O5/c1-25(2)35(42-37(46)43(5)21-30-23-49-36(40-30)26(3)4)34(45)19-29(16-27-12-8-6-9-13-27)18-33(44)32(17-28-14-10-7-11-15-28)41-38(47)48-22-31-20-39-24-50-31;1-25(2)34(41-20-12-19-38-37(41)45)36(44)39-30(21-28-15-7-5-8-16-28)23-32(42)31(22-29-17-9-6-10-18-29)40-33(43)24-46-35-26(3)13-11-14-27(35)4/h6-15,20,23-26,29,32-33,35,44H,16-19,21-22H2,1-5H3,(H,41,47)(H,42,46);5-11,13-18,25,30-32,34,42H,12,19-24H2,1-4H3,(H,38,45)(H,39,44)(H,40,43)/t29-,32-,33-,35-;30-,31-,32-,34-/m00/s1. The highest BCUT2D eigenvalue weighted by Gasteiger charge is 2.37. The summed E-state index contributed by atoms with van der Waals surface area (Å²) in [5.41, 5.74) is 8.30. The van der Waals surface area contributed by atoms with Gasteiger partial charge in [-0.2, -0.15) is 0 Å². The molecule has 3 heterocycles. The molecule has 0 spiro atoms. The van der Waals surface area contributed by atoms with Gasteiger partial charge in [0.1, 0.15) is 18.4 Å². The predicted molar refractivity (Wildman–Crippen MR) is 378 cm³/mol. The number of aliphatic hydroxyl groups excluding tert-OH is 2. The van der Waals surface area contributed by atoms with Crippen LogP contribution in [0, 0.1) is 31.6 Å². The molecule has 0 aliphatic carbocycles. The molecule has 1 saturated heterocycles. The lowest BCUT2D eigenvalue weighted by molar-refractivity contribution is -0.128. The second kappa shape index (κ2) is 38.3. The van der Waals surface area contributed by atoms with Gasteiger partial charge in [0.05, 0.1) is 58.0 Å². The van der Waals surface area contributed by atoms with Crippen LogP contribution >= 0.6 is 22.7 Å². The summed E-state index contributed by atoms with van der Waals surface area (Å²) < 4.78 is 11.3. The highest BCUT2D eigenvalue weighted by atomic mass is 32.1. The highest BCUT2D eigenvalue weighted by molar-refractivity contribution is 7.09. The summed E-state index contributed by atoms with van der Waals surface area (Å²) in [6, 6.07) is 41.0. The largest absolute Gasteiger partial charge is 0.483 e. The number of hydrogen-bond donors (Lipinski definition) is 7. The van der Waals surface area contributed by atoms with Crippen LogP contribution in [0.3, 0.4) is 0 Å². The van der Waals surface area contributed by atoms with Crippen LogP contribution in [0.2, 0.25) is 0 Å². The fraction of sp³-hybridized carbons (Fsp3) is 0.440. The molecule has 0 saturated carbocycles. The number of nitrogens with one attached hydrogen (secondary N) is 5. The summed E-state index contributed by atoms with van der Waals surface area (Å²) >= 11 is 2.97. The van der Waals surface area contributed by atoms with Gasteiger partial charge in [-0.1, -0.05) is 181 Å². The number of aliphatic hydroxyl groups is 2. The second-order valence-corrected chi connectivity index (χ2v) is 27.8. The molecule has 7 amide bonds. The summed E-state index contributed by atoms with van der Waals surface area (Å²) in [6.45, 7) is 17.0. The maximum atomic E-state index is 14.0. The number of carbonyl (C=O) groups excluding carboxylic acids is 6. The van der Waals surface area contributed by atoms with E-state index in [1.54, 1.807) is 39.9 Å². The van der Waals surface area contributed by atoms with E-state index < -0.39 is 48.5 Å². The number of hydrogen-bond acceptors (Lipinski definition) is 14. The summed E-state index contributed by atoms with van der Waals surface area (Å²) in [5, 5.41) is 41.3. The third-order valence-corrected chi connectivity index (χ3v) is 18.8. The van der Waals surface area contributed by atoms with Crippen LogP contribution in [0.1, 0.15) is 122 Å². The molecule has 1 fully saturated rings. The van der Waals surface area contributed by atoms with Gasteiger partial charge in [-0.05, 0) is 110 Å². The Hall–Kier alpha value is -8.50. The molecule has 0 unspecified atom stereocenters. The zero-order chi connectivity index (χ0) is 69.1. The van der Waals surface area contributed by atoms with Crippen LogP contribution in [-0.4, -0.2) is 135 Å². The molecular formula is C75H97N9O10S2. The SMILES string of the molecule is CC(C)c1nc(CN(C)C(=O)N[C@H](C(=O)C[C@@H](Cc2ccccc2)C[C@H](O)[C@H](Cc2ccccc2)NC(=O)OCc2cncs2)C(C)C)cs1.Cc1cccc(C)c1OCC(=O)N[C@@H](Cc1ccccc1)[C@@H](O)C[C@H](Cc1ccccc1)NC(=O)[C@H](C(C)C)N1CCCNC1=O. The first kappa shape index (κ1) is 74.9. The van der Waals surface area contributed by atoms with E-state index in [0.29, 0.717) is 57.0 Å². The van der Waals surface area contributed by atoms with Crippen LogP contribution < -0.4 is 31.3 Å². The molecule has 514 valence electrons. The Bertz CT molecular complexity index is 3490. The van der Waals surface area contributed by atoms with Crippen molar-refractivity contribution >= 4 is 58.4 Å². The van der Waals surface area contributed by atoms with Crippen LogP contribution in [0.4, 0.5) is 14.4 Å². The van der Waals surface area contributed by atoms with Gasteiger partial charge in [0.15, 0.2) is 12.4 Å². The number of ketones is 1. The van der Waals surface area contributed by atoms with Crippen LogP contribution in [-0.2, 0) is 58.0 Å². The molecule has 0 radical (unpaired) electrons. The number of ether oxygens (including phenoxy) is 2. The van der Waals surface area contributed by atoms with Crippen molar-refractivity contribution in [1.82, 2.24) is 46.4 Å². The van der Waals surface area contributed by atoms with Gasteiger partial charge in [-0.15, -0.1) is 22.7 Å². The molecule has 96 heavy (non-hydrogen) atoms. The Kier molecular flexibility index (Phi) is 29.9. The number of Topliss-reactive ketones (excluding diaryl/α,β-unsaturated/α-hetero) is 1. The molecule has 2 aromatic heterocycles. The number of urea groups is 2. The number of aromatic nitrogens is 2. The Morgan fingerprint density at radius 2 is 1.24 bits per heavy atom. The van der Waals surface area contributed by atoms with Gasteiger partial charge in [0, 0.05) is 50.1 Å². The van der Waals surface area contributed by atoms with Gasteiger partial charge < -0.3 is 56.1 Å². The number of carbonyl (C=O) groups is 6. The van der Waals surface area contributed by atoms with E-state index in [1.165, 1.54) is 11.3 Å². The third kappa shape index (κ3) is 24.3. The lowest BCUT2D eigenvalue weighted by Gasteiger charge is -2.37. The molecular weight excluding hydrogens is 1250 g/mol. The van der Waals surface area contributed by atoms with Crippen molar-refractivity contribution in [3.63, 3.8) is 0 Å². The molecule has 8 atom stereocenters. The summed E-state index contributed by atoms with van der Waals surface area (Å²) in [7, 11) is 1.70. The normalized spacial score (nSPS) is 14.7. The van der Waals surface area contributed by atoms with Gasteiger partial charge in [0.2, 0.25) is 5.91 Å². The lowest BCUT2D eigenvalue weighted by Crippen LogP contribution is -2.59. The minimum Gasteiger partial charge on any atom is -0.483 e. The third-order valence-electron chi connectivity index (χ3n) is 16.8. The quantitative estimate of drug-likeness (QED) is 0.0203. The minimum atomic E-state index is -0.992. The maximum Gasteiger partial charge on any atom is 0.407 e. The number of aryl methyl sites for hydroxylation is 2. The smallest absolute Gasteiger partial charge is 0.407 e. The number of alkyl carbamates (subject to hydrolysis) is 1. The highest BCUT2D eigenvalue weighted by Crippen LogP contribution is 2.27. The maximum absolute atomic E-state index is 14.0. The molecule has 21 heteroatoms. The van der Waals surface area contributed by atoms with Crippen molar-refractivity contribution in [3.8, 4) is 5.75 Å². The fourth-order valence-corrected chi connectivity index (χ4v) is 13.2. The van der Waals surface area contributed by atoms with Crippen molar-refractivity contribution in [3.05, 3.63) is 206 Å². The van der Waals surface area contributed by atoms with Crippen LogP contribution in [0.15, 0.2) is 157 Å². The molecule has 1 aliphatic heterocycles. The first-order chi connectivity index (χ1) is 46.1. The van der Waals surface area contributed by atoms with Crippen molar-refractivity contribution < 1.29 is 48.5 Å². The fourth-order valence-electron chi connectivity index (χ4n) is 11.9. The van der Waals surface area contributed by atoms with Crippen molar-refractivity contribution in [1.29, 1.82) is 0 Å². The topological polar surface area (TPSA) is 254 Å². The summed E-state index contributed by atoms with van der Waals surface area (Å²) in [5.74, 6) is -0.275. The number of para-hydroxylation sites is 1. The van der Waals surface area contributed by atoms with E-state index in [2.05, 4.69) is 50.4 Å². The molecule has 7 N–H and O–H groups in total. The molecule has 8 rings (SSSR count). The molecule has 7 aromatic rings. The molecule has 5 aromatic carbocycles. The Morgan fingerprint density at radius 3 is 1.77 bits per heavy atom. The van der Waals surface area contributed by atoms with Gasteiger partial charge in [0.25, 0.3) is 5.91 Å². The van der Waals surface area contributed by atoms with Crippen LogP contribution in [0.25, 0.3) is 0 Å². The molecule has 19 nitrogen and oxygen atoms in total. The monoisotopic (exact) mass is 1350 g/mol. The average Bonchev–Trinajstić information content (AvgIpc) is 1.12. The van der Waals surface area contributed by atoms with E-state index in [0.717, 1.165) is 55.4 Å². The summed E-state index contributed by atoms with van der Waals surface area (Å²) in [6.07, 6.45) is 2.14. The zero-order valence-corrected chi connectivity index (χ0v) is 58.5. The Balaban J connectivity index is 0.000000272. The first-order valence-corrected chi connectivity index (χ1v) is 35.0. The van der Waals surface area contributed by atoms with E-state index in [4.69, 9.17) is 9.47 Å². The lowest BCUT2D eigenvalue weighted by atomic mass is 9.84. The predicted octanol–water partition coefficient (Wildman–Crippen LogP) is 11.3. The van der Waals surface area contributed by atoms with Gasteiger partial charge >= 0.3 is 18.2 Å². The van der Waals surface area contributed by atoms with E-state index in [9.17, 15) is 39.0 Å². The number of benzene rings is 5. The molecule has 1 aliphatic rings. The van der Waals surface area contributed by atoms with Crippen molar-refractivity contribution in [2.24, 2.45) is 17.8 Å². The minimum absolute atomic E-state index is 0.0794. The average molecular weight is 1350 g/mol. The van der Waals surface area contributed by atoms with Crippen molar-refractivity contribution in [2.75, 3.05) is 26.7 Å². The van der Waals surface area contributed by atoms with E-state index in [1.807, 2.05) is 186 Å². The van der Waals surface area contributed by atoms with Gasteiger partial charge in [-0.25, -0.2) is 19.4 Å². The molecule has 0 bridgehead atoms. The number of thiazole rings is 2. The van der Waals surface area contributed by atoms with Crippen LogP contribution in [0.5, 0.6) is 5.75 Å². The van der Waals surface area contributed by atoms with Crippen molar-refractivity contribution in [2.45, 2.75) is 168 Å². The van der Waals surface area contributed by atoms with Gasteiger partial charge in [-0.3, -0.25) is 19.4 Å². The van der Waals surface area contributed by atoms with E-state index >= 15 is 0 Å². The number of nitrogens with zero attached hydrogens (tertiary/aromatic N) is 4. The zero-order valence-electron chi connectivity index (χ0n) is 56.8. The van der Waals surface area contributed by atoms with E-state index in [-0.39, 0.29) is 79.9 Å². The first-order valence-electron chi connectivity index (χ1n) is 33.2. The Morgan fingerprint density at radius 1 is 0.677 bits per heavy atom. The number of rotatable bonds is 33. The second-order valence-electron chi connectivity index (χ2n) is 25.9. The Labute approximate surface area is 574 Å². The number of amides is 7. The summed E-state index contributed by atoms with van der Waals surface area (Å²) in [4.78, 5) is 92.5.